The molecule has 74 valence electrons. The number of aliphatic hydroxyl groups is 1. The fraction of sp³-hybridized carbons (Fsp3) is 0.700. The lowest BCUT2D eigenvalue weighted by Gasteiger charge is -1.97. The molecule has 0 aliphatic heterocycles. The summed E-state index contributed by atoms with van der Waals surface area (Å²) in [5, 5.41) is 13.3. The molecular formula is C10H18N2O. The maximum absolute atomic E-state index is 9.03. The maximum Gasteiger partial charge on any atom is 0.0715 e. The minimum Gasteiger partial charge on any atom is -0.392 e. The average Bonchev–Trinajstić information content (AvgIpc) is 2.47. The normalized spacial score (nSPS) is 10.7. The van der Waals surface area contributed by atoms with Gasteiger partial charge in [0.1, 0.15) is 0 Å². The fourth-order valence-corrected chi connectivity index (χ4v) is 1.47. The molecule has 1 aromatic rings. The predicted molar refractivity (Wildman–Crippen MR) is 52.4 cm³/mol. The molecule has 0 aliphatic carbocycles. The summed E-state index contributed by atoms with van der Waals surface area (Å²) in [7, 11) is 1.89. The Hall–Kier alpha value is -0.830. The summed E-state index contributed by atoms with van der Waals surface area (Å²) in [6.45, 7) is 2.29. The molecule has 0 atom stereocenters. The molecule has 0 aliphatic rings. The Morgan fingerprint density at radius 2 is 2.23 bits per heavy atom. The molecule has 0 bridgehead atoms. The summed E-state index contributed by atoms with van der Waals surface area (Å²) >= 11 is 0. The number of aromatic nitrogens is 2. The van der Waals surface area contributed by atoms with Crippen molar-refractivity contribution in [3.63, 3.8) is 0 Å². The molecular weight excluding hydrogens is 164 g/mol. The van der Waals surface area contributed by atoms with E-state index in [4.69, 9.17) is 5.11 Å². The van der Waals surface area contributed by atoms with Gasteiger partial charge in [0, 0.05) is 18.8 Å². The first-order valence-electron chi connectivity index (χ1n) is 4.90. The first kappa shape index (κ1) is 10.3. The molecule has 0 saturated heterocycles. The van der Waals surface area contributed by atoms with E-state index in [2.05, 4.69) is 12.0 Å². The van der Waals surface area contributed by atoms with Gasteiger partial charge < -0.3 is 5.11 Å². The van der Waals surface area contributed by atoms with Gasteiger partial charge in [0.2, 0.25) is 0 Å². The number of hydrogen-bond donors (Lipinski definition) is 1. The SMILES string of the molecule is CCCCCc1nn(C)cc1CO. The van der Waals surface area contributed by atoms with Crippen LogP contribution in [-0.4, -0.2) is 14.9 Å². The second-order valence-corrected chi connectivity index (χ2v) is 3.39. The van der Waals surface area contributed by atoms with Crippen molar-refractivity contribution < 1.29 is 5.11 Å². The lowest BCUT2D eigenvalue weighted by Crippen LogP contribution is -1.93. The van der Waals surface area contributed by atoms with E-state index in [0.29, 0.717) is 0 Å². The monoisotopic (exact) mass is 182 g/mol. The zero-order valence-electron chi connectivity index (χ0n) is 8.45. The molecule has 0 unspecified atom stereocenters. The maximum atomic E-state index is 9.03. The van der Waals surface area contributed by atoms with Crippen LogP contribution in [0.4, 0.5) is 0 Å². The molecule has 0 saturated carbocycles. The Kier molecular flexibility index (Phi) is 3.96. The minimum atomic E-state index is 0.106. The van der Waals surface area contributed by atoms with Crippen molar-refractivity contribution in [2.45, 2.75) is 39.2 Å². The van der Waals surface area contributed by atoms with Gasteiger partial charge in [0.15, 0.2) is 0 Å². The summed E-state index contributed by atoms with van der Waals surface area (Å²) in [4.78, 5) is 0. The van der Waals surface area contributed by atoms with Crippen LogP contribution in [-0.2, 0) is 20.1 Å². The first-order valence-corrected chi connectivity index (χ1v) is 4.90. The van der Waals surface area contributed by atoms with Crippen LogP contribution in [0.5, 0.6) is 0 Å². The van der Waals surface area contributed by atoms with Crippen LogP contribution in [0.25, 0.3) is 0 Å². The van der Waals surface area contributed by atoms with Crippen LogP contribution < -0.4 is 0 Å². The first-order chi connectivity index (χ1) is 6.27. The third-order valence-electron chi connectivity index (χ3n) is 2.18. The number of unbranched alkanes of at least 4 members (excludes halogenated alkanes) is 2. The number of rotatable bonds is 5. The van der Waals surface area contributed by atoms with E-state index < -0.39 is 0 Å². The Balaban J connectivity index is 2.53. The third kappa shape index (κ3) is 2.84. The summed E-state index contributed by atoms with van der Waals surface area (Å²) < 4.78 is 1.77. The molecule has 0 spiro atoms. The third-order valence-corrected chi connectivity index (χ3v) is 2.18. The van der Waals surface area contributed by atoms with Crippen molar-refractivity contribution in [3.05, 3.63) is 17.5 Å². The van der Waals surface area contributed by atoms with E-state index in [-0.39, 0.29) is 6.61 Å². The van der Waals surface area contributed by atoms with Crippen molar-refractivity contribution in [2.24, 2.45) is 7.05 Å². The van der Waals surface area contributed by atoms with E-state index >= 15 is 0 Å². The second kappa shape index (κ2) is 5.02. The molecule has 1 rings (SSSR count). The van der Waals surface area contributed by atoms with Gasteiger partial charge in [-0.05, 0) is 12.8 Å². The molecule has 1 N–H and O–H groups in total. The highest BCUT2D eigenvalue weighted by atomic mass is 16.3. The molecule has 0 aromatic carbocycles. The van der Waals surface area contributed by atoms with Crippen LogP contribution in [0.2, 0.25) is 0 Å². The Labute approximate surface area is 79.4 Å². The zero-order valence-corrected chi connectivity index (χ0v) is 8.45. The molecule has 0 radical (unpaired) electrons. The predicted octanol–water partition coefficient (Wildman–Crippen LogP) is 1.65. The van der Waals surface area contributed by atoms with E-state index in [1.54, 1.807) is 4.68 Å². The van der Waals surface area contributed by atoms with Gasteiger partial charge >= 0.3 is 0 Å². The van der Waals surface area contributed by atoms with Gasteiger partial charge in [-0.2, -0.15) is 5.10 Å². The van der Waals surface area contributed by atoms with Crippen molar-refractivity contribution in [1.29, 1.82) is 0 Å². The zero-order chi connectivity index (χ0) is 9.68. The standard InChI is InChI=1S/C10H18N2O/c1-3-4-5-6-10-9(8-13)7-12(2)11-10/h7,13H,3-6,8H2,1-2H3. The van der Waals surface area contributed by atoms with Gasteiger partial charge in [-0.3, -0.25) is 4.68 Å². The van der Waals surface area contributed by atoms with Crippen LogP contribution >= 0.6 is 0 Å². The number of nitrogens with zero attached hydrogens (tertiary/aromatic N) is 2. The molecule has 1 aromatic heterocycles. The minimum absolute atomic E-state index is 0.106. The van der Waals surface area contributed by atoms with Crippen LogP contribution in [0.15, 0.2) is 6.20 Å². The lowest BCUT2D eigenvalue weighted by atomic mass is 10.1. The molecule has 3 nitrogen and oxygen atoms in total. The number of aryl methyl sites for hydroxylation is 2. The topological polar surface area (TPSA) is 38.0 Å². The summed E-state index contributed by atoms with van der Waals surface area (Å²) in [6, 6.07) is 0. The van der Waals surface area contributed by atoms with Crippen molar-refractivity contribution >= 4 is 0 Å². The molecule has 0 fully saturated rings. The number of aliphatic hydroxyl groups excluding tert-OH is 1. The van der Waals surface area contributed by atoms with Gasteiger partial charge in [-0.25, -0.2) is 0 Å². The van der Waals surface area contributed by atoms with Crippen molar-refractivity contribution in [1.82, 2.24) is 9.78 Å². The Bertz CT molecular complexity index is 255. The van der Waals surface area contributed by atoms with Crippen molar-refractivity contribution in [2.75, 3.05) is 0 Å². The van der Waals surface area contributed by atoms with Crippen LogP contribution in [0.1, 0.15) is 37.4 Å². The summed E-state index contributed by atoms with van der Waals surface area (Å²) in [6.07, 6.45) is 6.51. The van der Waals surface area contributed by atoms with Gasteiger partial charge in [0.25, 0.3) is 0 Å². The fourth-order valence-electron chi connectivity index (χ4n) is 1.47. The highest BCUT2D eigenvalue weighted by Gasteiger charge is 2.05. The second-order valence-electron chi connectivity index (χ2n) is 3.39. The Morgan fingerprint density at radius 1 is 1.46 bits per heavy atom. The quantitative estimate of drug-likeness (QED) is 0.703. The smallest absolute Gasteiger partial charge is 0.0715 e. The van der Waals surface area contributed by atoms with Gasteiger partial charge in [-0.15, -0.1) is 0 Å². The van der Waals surface area contributed by atoms with E-state index in [9.17, 15) is 0 Å². The van der Waals surface area contributed by atoms with Gasteiger partial charge in [-0.1, -0.05) is 19.8 Å². The molecule has 0 amide bonds. The highest BCUT2D eigenvalue weighted by Crippen LogP contribution is 2.10. The lowest BCUT2D eigenvalue weighted by molar-refractivity contribution is 0.280. The largest absolute Gasteiger partial charge is 0.392 e. The number of hydrogen-bond acceptors (Lipinski definition) is 2. The molecule has 13 heavy (non-hydrogen) atoms. The average molecular weight is 182 g/mol. The molecule has 3 heteroatoms. The highest BCUT2D eigenvalue weighted by molar-refractivity contribution is 5.15. The van der Waals surface area contributed by atoms with Crippen LogP contribution in [0, 0.1) is 0 Å². The van der Waals surface area contributed by atoms with E-state index in [1.165, 1.54) is 19.3 Å². The molecule has 1 heterocycles. The summed E-state index contributed by atoms with van der Waals surface area (Å²) in [5.41, 5.74) is 2.03. The van der Waals surface area contributed by atoms with E-state index in [1.807, 2.05) is 13.2 Å². The Morgan fingerprint density at radius 3 is 2.85 bits per heavy atom. The summed E-state index contributed by atoms with van der Waals surface area (Å²) in [5.74, 6) is 0. The van der Waals surface area contributed by atoms with Gasteiger partial charge in [0.05, 0.1) is 12.3 Å². The van der Waals surface area contributed by atoms with E-state index in [0.717, 1.165) is 17.7 Å². The van der Waals surface area contributed by atoms with Crippen molar-refractivity contribution in [3.8, 4) is 0 Å². The van der Waals surface area contributed by atoms with Crippen LogP contribution in [0.3, 0.4) is 0 Å².